The Morgan fingerprint density at radius 3 is 2.80 bits per heavy atom. The van der Waals surface area contributed by atoms with Gasteiger partial charge in [0.25, 0.3) is 0 Å². The smallest absolute Gasteiger partial charge is 0.0700 e. The number of hydrogen-bond donors (Lipinski definition) is 1. The minimum absolute atomic E-state index is 0.115. The first kappa shape index (κ1) is 12.9. The summed E-state index contributed by atoms with van der Waals surface area (Å²) < 4.78 is 10.3. The van der Waals surface area contributed by atoms with E-state index in [1.54, 1.807) is 7.11 Å². The lowest BCUT2D eigenvalue weighted by molar-refractivity contribution is 0.0133. The Morgan fingerprint density at radius 1 is 1.33 bits per heavy atom. The van der Waals surface area contributed by atoms with Crippen LogP contribution in [-0.2, 0) is 9.47 Å². The Kier molecular flexibility index (Phi) is 6.17. The van der Waals surface area contributed by atoms with E-state index in [9.17, 15) is 5.11 Å². The van der Waals surface area contributed by atoms with Crippen LogP contribution in [0, 0.1) is 5.92 Å². The molecule has 1 fully saturated rings. The van der Waals surface area contributed by atoms with Gasteiger partial charge < -0.3 is 19.5 Å². The molecule has 15 heavy (non-hydrogen) atoms. The molecule has 0 aromatic rings. The van der Waals surface area contributed by atoms with Gasteiger partial charge in [-0.15, -0.1) is 0 Å². The molecule has 1 heterocycles. The fraction of sp³-hybridized carbons (Fsp3) is 1.00. The predicted molar refractivity (Wildman–Crippen MR) is 58.9 cm³/mol. The van der Waals surface area contributed by atoms with Gasteiger partial charge in [-0.2, -0.15) is 0 Å². The zero-order chi connectivity index (χ0) is 11.1. The number of rotatable bonds is 6. The van der Waals surface area contributed by atoms with Crippen LogP contribution in [0.2, 0.25) is 0 Å². The van der Waals surface area contributed by atoms with E-state index in [0.717, 1.165) is 32.7 Å². The predicted octanol–water partition coefficient (Wildman–Crippen LogP) is 0.352. The van der Waals surface area contributed by atoms with Gasteiger partial charge in [-0.05, 0) is 12.3 Å². The maximum atomic E-state index is 9.56. The minimum atomic E-state index is -0.115. The first-order valence-corrected chi connectivity index (χ1v) is 5.71. The molecule has 4 nitrogen and oxygen atoms in total. The number of aliphatic hydroxyl groups excluding tert-OH is 1. The van der Waals surface area contributed by atoms with Crippen LogP contribution in [0.5, 0.6) is 0 Å². The van der Waals surface area contributed by atoms with Gasteiger partial charge >= 0.3 is 0 Å². The van der Waals surface area contributed by atoms with Crippen LogP contribution >= 0.6 is 0 Å². The number of hydrogen-bond acceptors (Lipinski definition) is 4. The summed E-state index contributed by atoms with van der Waals surface area (Å²) >= 11 is 0. The first-order valence-electron chi connectivity index (χ1n) is 5.71. The number of methoxy groups -OCH3 is 1. The number of aliphatic hydroxyl groups is 1. The molecular weight excluding hydrogens is 194 g/mol. The molecule has 0 aromatic carbocycles. The highest BCUT2D eigenvalue weighted by atomic mass is 16.5. The van der Waals surface area contributed by atoms with Crippen LogP contribution in [0.1, 0.15) is 13.3 Å². The summed E-state index contributed by atoms with van der Waals surface area (Å²) in [5, 5.41) is 9.56. The molecule has 0 bridgehead atoms. The molecule has 2 atom stereocenters. The van der Waals surface area contributed by atoms with Gasteiger partial charge in [0.2, 0.25) is 0 Å². The zero-order valence-electron chi connectivity index (χ0n) is 9.82. The summed E-state index contributed by atoms with van der Waals surface area (Å²) in [4.78, 5) is 2.35. The Balaban J connectivity index is 2.02. The first-order chi connectivity index (χ1) is 7.24. The number of ether oxygens (including phenoxy) is 2. The van der Waals surface area contributed by atoms with E-state index in [1.807, 2.05) is 0 Å². The quantitative estimate of drug-likeness (QED) is 0.652. The van der Waals surface area contributed by atoms with Gasteiger partial charge in [-0.3, -0.25) is 0 Å². The normalized spacial score (nSPS) is 28.2. The van der Waals surface area contributed by atoms with Crippen LogP contribution in [0.25, 0.3) is 0 Å². The Morgan fingerprint density at radius 2 is 2.13 bits per heavy atom. The molecule has 1 aliphatic rings. The molecule has 2 unspecified atom stereocenters. The lowest BCUT2D eigenvalue weighted by Gasteiger charge is -2.34. The monoisotopic (exact) mass is 217 g/mol. The number of nitrogens with zero attached hydrogens (tertiary/aromatic N) is 1. The average molecular weight is 217 g/mol. The van der Waals surface area contributed by atoms with E-state index in [0.29, 0.717) is 19.1 Å². The van der Waals surface area contributed by atoms with Crippen molar-refractivity contribution in [3.63, 3.8) is 0 Å². The molecule has 1 N–H and O–H groups in total. The van der Waals surface area contributed by atoms with E-state index in [1.165, 1.54) is 0 Å². The minimum Gasteiger partial charge on any atom is -0.393 e. The summed E-state index contributed by atoms with van der Waals surface area (Å²) in [6.45, 7) is 7.11. The number of likely N-dealkylation sites (tertiary alicyclic amines) is 1. The van der Waals surface area contributed by atoms with Crippen LogP contribution in [-0.4, -0.2) is 62.7 Å². The van der Waals surface area contributed by atoms with E-state index >= 15 is 0 Å². The molecule has 0 spiro atoms. The van der Waals surface area contributed by atoms with E-state index < -0.39 is 0 Å². The molecule has 1 rings (SSSR count). The van der Waals surface area contributed by atoms with Gasteiger partial charge in [0.15, 0.2) is 0 Å². The van der Waals surface area contributed by atoms with Crippen LogP contribution in [0.3, 0.4) is 0 Å². The Hall–Kier alpha value is -0.160. The highest BCUT2D eigenvalue weighted by molar-refractivity contribution is 4.76. The summed E-state index contributed by atoms with van der Waals surface area (Å²) in [6.07, 6.45) is 0.773. The highest BCUT2D eigenvalue weighted by Crippen LogP contribution is 2.15. The maximum absolute atomic E-state index is 9.56. The van der Waals surface area contributed by atoms with Crippen molar-refractivity contribution in [2.24, 2.45) is 5.92 Å². The third-order valence-electron chi connectivity index (χ3n) is 2.93. The van der Waals surface area contributed by atoms with Crippen molar-refractivity contribution >= 4 is 0 Å². The molecule has 0 aromatic heterocycles. The van der Waals surface area contributed by atoms with E-state index in [4.69, 9.17) is 9.47 Å². The summed E-state index contributed by atoms with van der Waals surface area (Å²) in [5.74, 6) is 0.387. The van der Waals surface area contributed by atoms with Gasteiger partial charge in [0.1, 0.15) is 0 Å². The molecule has 0 amide bonds. The van der Waals surface area contributed by atoms with Gasteiger partial charge in [0, 0.05) is 26.7 Å². The van der Waals surface area contributed by atoms with E-state index in [-0.39, 0.29) is 6.10 Å². The third-order valence-corrected chi connectivity index (χ3v) is 2.93. The number of piperidine rings is 1. The van der Waals surface area contributed by atoms with Crippen molar-refractivity contribution in [2.45, 2.75) is 19.4 Å². The average Bonchev–Trinajstić information content (AvgIpc) is 2.23. The topological polar surface area (TPSA) is 41.9 Å². The molecule has 4 heteroatoms. The van der Waals surface area contributed by atoms with Crippen molar-refractivity contribution in [3.8, 4) is 0 Å². The second kappa shape index (κ2) is 7.17. The molecule has 0 saturated carbocycles. The third kappa shape index (κ3) is 4.93. The largest absolute Gasteiger partial charge is 0.393 e. The fourth-order valence-electron chi connectivity index (χ4n) is 1.86. The molecular formula is C11H23NO3. The van der Waals surface area contributed by atoms with Gasteiger partial charge in [-0.25, -0.2) is 0 Å². The van der Waals surface area contributed by atoms with Crippen molar-refractivity contribution in [1.82, 2.24) is 4.90 Å². The van der Waals surface area contributed by atoms with Gasteiger partial charge in [-0.1, -0.05) is 6.92 Å². The fourth-order valence-corrected chi connectivity index (χ4v) is 1.86. The van der Waals surface area contributed by atoms with E-state index in [2.05, 4.69) is 11.8 Å². The summed E-state index contributed by atoms with van der Waals surface area (Å²) in [5.41, 5.74) is 0. The zero-order valence-corrected chi connectivity index (χ0v) is 9.82. The van der Waals surface area contributed by atoms with Gasteiger partial charge in [0.05, 0.1) is 25.9 Å². The summed E-state index contributed by atoms with van der Waals surface area (Å²) in [6, 6.07) is 0. The molecule has 0 aliphatic carbocycles. The lowest BCUT2D eigenvalue weighted by atomic mass is 9.97. The molecule has 1 saturated heterocycles. The lowest BCUT2D eigenvalue weighted by Crippen LogP contribution is -2.43. The molecule has 1 aliphatic heterocycles. The van der Waals surface area contributed by atoms with Crippen molar-refractivity contribution in [1.29, 1.82) is 0 Å². The Bertz CT molecular complexity index is 166. The second-order valence-electron chi connectivity index (χ2n) is 4.24. The maximum Gasteiger partial charge on any atom is 0.0700 e. The van der Waals surface area contributed by atoms with Crippen LogP contribution in [0.15, 0.2) is 0 Å². The SMILES string of the molecule is COCCOCCN1CCC(O)C(C)C1. The standard InChI is InChI=1S/C11H23NO3/c1-10-9-12(4-3-11(10)13)5-6-15-8-7-14-2/h10-11,13H,3-9H2,1-2H3. The van der Waals surface area contributed by atoms with Crippen LogP contribution < -0.4 is 0 Å². The molecule has 90 valence electrons. The van der Waals surface area contributed by atoms with Crippen molar-refractivity contribution in [3.05, 3.63) is 0 Å². The highest BCUT2D eigenvalue weighted by Gasteiger charge is 2.23. The molecule has 0 radical (unpaired) electrons. The Labute approximate surface area is 92.2 Å². The van der Waals surface area contributed by atoms with Crippen LogP contribution in [0.4, 0.5) is 0 Å². The van der Waals surface area contributed by atoms with Crippen molar-refractivity contribution in [2.75, 3.05) is 46.6 Å². The second-order valence-corrected chi connectivity index (χ2v) is 4.24. The summed E-state index contributed by atoms with van der Waals surface area (Å²) in [7, 11) is 1.68. The van der Waals surface area contributed by atoms with Crippen molar-refractivity contribution < 1.29 is 14.6 Å².